The Bertz CT molecular complexity index is 169. The minimum atomic E-state index is -1.61. The molecule has 0 rings (SSSR count). The highest BCUT2D eigenvalue weighted by Gasteiger charge is 2.30. The monoisotopic (exact) mass is 190 g/mol. The van der Waals surface area contributed by atoms with Crippen molar-refractivity contribution in [3.8, 4) is 0 Å². The van der Waals surface area contributed by atoms with Gasteiger partial charge in [0.05, 0.1) is 16.3 Å². The Morgan fingerprint density at radius 1 is 1.08 bits per heavy atom. The van der Waals surface area contributed by atoms with Gasteiger partial charge in [-0.25, -0.2) is 0 Å². The quantitative estimate of drug-likeness (QED) is 0.265. The van der Waals surface area contributed by atoms with Gasteiger partial charge in [-0.3, -0.25) is 20.2 Å². The molecule has 0 aromatic rings. The topological polar surface area (TPSA) is 86.3 Å². The van der Waals surface area contributed by atoms with Gasteiger partial charge >= 0.3 is 6.17 Å². The summed E-state index contributed by atoms with van der Waals surface area (Å²) >= 11 is 0. The van der Waals surface area contributed by atoms with Crippen molar-refractivity contribution < 1.29 is 9.85 Å². The van der Waals surface area contributed by atoms with Gasteiger partial charge in [-0.1, -0.05) is 26.2 Å². The molecule has 0 bridgehead atoms. The summed E-state index contributed by atoms with van der Waals surface area (Å²) in [6.45, 7) is 2.01. The predicted octanol–water partition coefficient (Wildman–Crippen LogP) is 1.84. The molecule has 0 spiro atoms. The van der Waals surface area contributed by atoms with Crippen molar-refractivity contribution in [3.05, 3.63) is 20.2 Å². The van der Waals surface area contributed by atoms with Gasteiger partial charge in [0.15, 0.2) is 0 Å². The van der Waals surface area contributed by atoms with Gasteiger partial charge in [0.2, 0.25) is 0 Å². The zero-order valence-electron chi connectivity index (χ0n) is 7.64. The third kappa shape index (κ3) is 5.10. The summed E-state index contributed by atoms with van der Waals surface area (Å²) in [5.74, 6) is 0. The molecular formula is C7H14N2O4. The van der Waals surface area contributed by atoms with E-state index in [9.17, 15) is 20.2 Å². The molecule has 76 valence electrons. The number of nitrogens with zero attached hydrogens (tertiary/aromatic N) is 2. The van der Waals surface area contributed by atoms with Crippen molar-refractivity contribution >= 4 is 0 Å². The molecule has 0 N–H and O–H groups in total. The Morgan fingerprint density at radius 3 is 2.00 bits per heavy atom. The summed E-state index contributed by atoms with van der Waals surface area (Å²) in [6, 6.07) is 0. The molecule has 0 fully saturated rings. The highest BCUT2D eigenvalue weighted by molar-refractivity contribution is 4.45. The first kappa shape index (κ1) is 11.8. The molecule has 6 nitrogen and oxygen atoms in total. The summed E-state index contributed by atoms with van der Waals surface area (Å²) in [4.78, 5) is 18.7. The van der Waals surface area contributed by atoms with E-state index in [1.165, 1.54) is 0 Å². The summed E-state index contributed by atoms with van der Waals surface area (Å²) in [6.07, 6.45) is 1.80. The van der Waals surface area contributed by atoms with Crippen LogP contribution in [0.25, 0.3) is 0 Å². The fraction of sp³-hybridized carbons (Fsp3) is 1.00. The molecule has 0 unspecified atom stereocenters. The summed E-state index contributed by atoms with van der Waals surface area (Å²) in [7, 11) is 0. The standard InChI is InChI=1S/C7H14N2O4/c1-2-3-4-5-6-7(8(10)11)9(12)13/h7H,2-6H2,1H3. The van der Waals surface area contributed by atoms with E-state index >= 15 is 0 Å². The second kappa shape index (κ2) is 6.33. The molecule has 0 aliphatic rings. The first-order chi connectivity index (χ1) is 6.09. The molecule has 0 aromatic carbocycles. The van der Waals surface area contributed by atoms with Crippen LogP contribution in [0.15, 0.2) is 0 Å². The van der Waals surface area contributed by atoms with Gasteiger partial charge in [0.1, 0.15) is 0 Å². The average molecular weight is 190 g/mol. The van der Waals surface area contributed by atoms with Gasteiger partial charge in [-0.2, -0.15) is 0 Å². The molecule has 0 radical (unpaired) electrons. The molecule has 13 heavy (non-hydrogen) atoms. The van der Waals surface area contributed by atoms with E-state index in [-0.39, 0.29) is 6.42 Å². The maximum atomic E-state index is 10.2. The van der Waals surface area contributed by atoms with E-state index in [1.807, 2.05) is 6.92 Å². The van der Waals surface area contributed by atoms with E-state index in [4.69, 9.17) is 0 Å². The lowest BCUT2D eigenvalue weighted by atomic mass is 10.1. The Balaban J connectivity index is 3.71. The Kier molecular flexibility index (Phi) is 5.75. The lowest BCUT2D eigenvalue weighted by Crippen LogP contribution is -2.28. The number of hydrogen-bond acceptors (Lipinski definition) is 4. The molecule has 0 atom stereocenters. The molecule has 0 heterocycles. The van der Waals surface area contributed by atoms with Gasteiger partial charge in [0, 0.05) is 0 Å². The number of nitro groups is 2. The zero-order valence-corrected chi connectivity index (χ0v) is 7.64. The van der Waals surface area contributed by atoms with Crippen LogP contribution in [0.2, 0.25) is 0 Å². The second-order valence-corrected chi connectivity index (χ2v) is 2.90. The molecule has 0 aliphatic heterocycles. The van der Waals surface area contributed by atoms with Crippen molar-refractivity contribution in [3.63, 3.8) is 0 Å². The van der Waals surface area contributed by atoms with Crippen molar-refractivity contribution in [1.82, 2.24) is 0 Å². The van der Waals surface area contributed by atoms with Crippen LogP contribution < -0.4 is 0 Å². The van der Waals surface area contributed by atoms with Crippen LogP contribution in [-0.2, 0) is 0 Å². The predicted molar refractivity (Wildman–Crippen MR) is 46.5 cm³/mol. The lowest BCUT2D eigenvalue weighted by molar-refractivity contribution is -0.743. The van der Waals surface area contributed by atoms with Crippen LogP contribution in [0.3, 0.4) is 0 Å². The van der Waals surface area contributed by atoms with Crippen molar-refractivity contribution in [2.75, 3.05) is 0 Å². The van der Waals surface area contributed by atoms with Crippen molar-refractivity contribution in [2.24, 2.45) is 0 Å². The largest absolute Gasteiger partial charge is 0.450 e. The van der Waals surface area contributed by atoms with Crippen LogP contribution in [-0.4, -0.2) is 16.0 Å². The van der Waals surface area contributed by atoms with Gasteiger partial charge in [-0.05, 0) is 6.42 Å². The number of hydrogen-bond donors (Lipinski definition) is 0. The van der Waals surface area contributed by atoms with Gasteiger partial charge in [0.25, 0.3) is 0 Å². The molecular weight excluding hydrogens is 176 g/mol. The SMILES string of the molecule is CCCCCCC([N+](=O)[O-])[N+](=O)[O-]. The third-order valence-electron chi connectivity index (χ3n) is 1.80. The van der Waals surface area contributed by atoms with Crippen LogP contribution in [0.4, 0.5) is 0 Å². The third-order valence-corrected chi connectivity index (χ3v) is 1.80. The first-order valence-corrected chi connectivity index (χ1v) is 4.36. The van der Waals surface area contributed by atoms with Crippen LogP contribution in [0, 0.1) is 20.2 Å². The number of rotatable bonds is 7. The number of unbranched alkanes of at least 4 members (excludes halogenated alkanes) is 3. The lowest BCUT2D eigenvalue weighted by Gasteiger charge is -2.00. The summed E-state index contributed by atoms with van der Waals surface area (Å²) in [5.41, 5.74) is 0. The Hall–Kier alpha value is -1.20. The maximum Gasteiger partial charge on any atom is 0.450 e. The summed E-state index contributed by atoms with van der Waals surface area (Å²) in [5, 5.41) is 20.3. The van der Waals surface area contributed by atoms with Gasteiger partial charge in [-0.15, -0.1) is 0 Å². The van der Waals surface area contributed by atoms with Crippen LogP contribution in [0.5, 0.6) is 0 Å². The minimum absolute atomic E-state index is 0.0417. The Morgan fingerprint density at radius 2 is 1.62 bits per heavy atom. The normalized spacial score (nSPS) is 10.3. The maximum absolute atomic E-state index is 10.2. The van der Waals surface area contributed by atoms with Crippen LogP contribution >= 0.6 is 0 Å². The van der Waals surface area contributed by atoms with E-state index < -0.39 is 16.0 Å². The fourth-order valence-electron chi connectivity index (χ4n) is 1.04. The minimum Gasteiger partial charge on any atom is -0.259 e. The zero-order chi connectivity index (χ0) is 10.3. The van der Waals surface area contributed by atoms with E-state index in [0.29, 0.717) is 6.42 Å². The smallest absolute Gasteiger partial charge is 0.259 e. The average Bonchev–Trinajstić information content (AvgIpc) is 2.02. The highest BCUT2D eigenvalue weighted by Crippen LogP contribution is 2.07. The fourth-order valence-corrected chi connectivity index (χ4v) is 1.04. The summed E-state index contributed by atoms with van der Waals surface area (Å²) < 4.78 is 0. The van der Waals surface area contributed by atoms with Gasteiger partial charge < -0.3 is 0 Å². The van der Waals surface area contributed by atoms with Crippen LogP contribution in [0.1, 0.15) is 39.0 Å². The van der Waals surface area contributed by atoms with E-state index in [0.717, 1.165) is 19.3 Å². The molecule has 0 aliphatic carbocycles. The van der Waals surface area contributed by atoms with E-state index in [2.05, 4.69) is 0 Å². The molecule has 0 saturated carbocycles. The molecule has 0 aromatic heterocycles. The second-order valence-electron chi connectivity index (χ2n) is 2.90. The van der Waals surface area contributed by atoms with Crippen molar-refractivity contribution in [2.45, 2.75) is 45.2 Å². The first-order valence-electron chi connectivity index (χ1n) is 4.36. The molecule has 0 saturated heterocycles. The molecule has 6 heteroatoms. The molecule has 0 amide bonds. The Labute approximate surface area is 76.2 Å². The highest BCUT2D eigenvalue weighted by atomic mass is 16.7. The van der Waals surface area contributed by atoms with Crippen molar-refractivity contribution in [1.29, 1.82) is 0 Å². The van der Waals surface area contributed by atoms with E-state index in [1.54, 1.807) is 0 Å².